The predicted molar refractivity (Wildman–Crippen MR) is 52.8 cm³/mol. The van der Waals surface area contributed by atoms with E-state index in [9.17, 15) is 9.59 Å². The van der Waals surface area contributed by atoms with E-state index in [-0.39, 0.29) is 17.0 Å². The zero-order valence-corrected chi connectivity index (χ0v) is 8.37. The molecule has 1 aromatic heterocycles. The van der Waals surface area contributed by atoms with Crippen molar-refractivity contribution in [2.24, 2.45) is 0 Å². The van der Waals surface area contributed by atoms with Gasteiger partial charge in [0.2, 0.25) is 0 Å². The van der Waals surface area contributed by atoms with Crippen molar-refractivity contribution in [3.05, 3.63) is 33.2 Å². The van der Waals surface area contributed by atoms with E-state index in [4.69, 9.17) is 10.4 Å². The molecule has 5 heteroatoms. The highest BCUT2D eigenvalue weighted by Crippen LogP contribution is 2.15. The second-order valence-electron chi connectivity index (χ2n) is 3.41. The van der Waals surface area contributed by atoms with Crippen molar-refractivity contribution in [2.75, 3.05) is 0 Å². The van der Waals surface area contributed by atoms with Crippen molar-refractivity contribution < 1.29 is 9.90 Å². The molecule has 0 aliphatic carbocycles. The lowest BCUT2D eigenvalue weighted by Gasteiger charge is -2.08. The smallest absolute Gasteiger partial charge is 0.337 e. The summed E-state index contributed by atoms with van der Waals surface area (Å²) in [6.07, 6.45) is 0. The first-order valence-corrected chi connectivity index (χ1v) is 4.38. The third-order valence-electron chi connectivity index (χ3n) is 2.00. The highest BCUT2D eigenvalue weighted by Gasteiger charge is 2.16. The molecule has 1 aromatic rings. The van der Waals surface area contributed by atoms with Gasteiger partial charge in [-0.1, -0.05) is 13.8 Å². The normalized spacial score (nSPS) is 10.0. The monoisotopic (exact) mass is 206 g/mol. The number of hydrogen-bond acceptors (Lipinski definition) is 3. The van der Waals surface area contributed by atoms with E-state index in [1.54, 1.807) is 19.9 Å². The van der Waals surface area contributed by atoms with Crippen LogP contribution in [0.2, 0.25) is 0 Å². The summed E-state index contributed by atoms with van der Waals surface area (Å²) in [5, 5.41) is 17.5. The maximum absolute atomic E-state index is 11.3. The van der Waals surface area contributed by atoms with Gasteiger partial charge in [-0.05, 0) is 12.0 Å². The zero-order chi connectivity index (χ0) is 11.6. The van der Waals surface area contributed by atoms with Crippen molar-refractivity contribution in [1.82, 2.24) is 4.98 Å². The SMILES string of the molecule is CC(C)c1[nH]c(=O)c(C#N)cc1C(=O)O. The van der Waals surface area contributed by atoms with E-state index < -0.39 is 11.5 Å². The molecule has 0 saturated heterocycles. The molecule has 0 fully saturated rings. The second-order valence-corrected chi connectivity index (χ2v) is 3.41. The molecule has 0 bridgehead atoms. The van der Waals surface area contributed by atoms with Crippen LogP contribution in [0.3, 0.4) is 0 Å². The van der Waals surface area contributed by atoms with Gasteiger partial charge in [-0.3, -0.25) is 4.79 Å². The Labute approximate surface area is 86.0 Å². The molecule has 15 heavy (non-hydrogen) atoms. The summed E-state index contributed by atoms with van der Waals surface area (Å²) in [6, 6.07) is 2.76. The topological polar surface area (TPSA) is 94.0 Å². The van der Waals surface area contributed by atoms with Crippen LogP contribution in [0.25, 0.3) is 0 Å². The third-order valence-corrected chi connectivity index (χ3v) is 2.00. The molecule has 0 spiro atoms. The minimum atomic E-state index is -1.15. The molecule has 2 N–H and O–H groups in total. The van der Waals surface area contributed by atoms with Gasteiger partial charge in [-0.2, -0.15) is 5.26 Å². The van der Waals surface area contributed by atoms with Gasteiger partial charge in [-0.15, -0.1) is 0 Å². The van der Waals surface area contributed by atoms with Gasteiger partial charge < -0.3 is 10.1 Å². The first kappa shape index (κ1) is 11.0. The van der Waals surface area contributed by atoms with Crippen LogP contribution in [0, 0.1) is 11.3 Å². The maximum atomic E-state index is 11.3. The van der Waals surface area contributed by atoms with Crippen LogP contribution in [-0.2, 0) is 0 Å². The van der Waals surface area contributed by atoms with Crippen LogP contribution in [0.15, 0.2) is 10.9 Å². The number of carboxylic acid groups (broad SMARTS) is 1. The molecule has 0 aromatic carbocycles. The van der Waals surface area contributed by atoms with E-state index in [1.807, 2.05) is 0 Å². The molecule has 0 aliphatic heterocycles. The number of nitriles is 1. The second kappa shape index (κ2) is 3.96. The van der Waals surface area contributed by atoms with Gasteiger partial charge in [-0.25, -0.2) is 4.79 Å². The maximum Gasteiger partial charge on any atom is 0.337 e. The Bertz CT molecular complexity index is 494. The molecule has 0 unspecified atom stereocenters. The highest BCUT2D eigenvalue weighted by molar-refractivity contribution is 5.89. The number of carboxylic acids is 1. The molecular formula is C10H10N2O3. The average Bonchev–Trinajstić information content (AvgIpc) is 2.16. The van der Waals surface area contributed by atoms with Crippen molar-refractivity contribution in [2.45, 2.75) is 19.8 Å². The fraction of sp³-hybridized carbons (Fsp3) is 0.300. The zero-order valence-electron chi connectivity index (χ0n) is 8.37. The fourth-order valence-corrected chi connectivity index (χ4v) is 1.26. The van der Waals surface area contributed by atoms with Gasteiger partial charge >= 0.3 is 5.97 Å². The number of rotatable bonds is 2. The lowest BCUT2D eigenvalue weighted by atomic mass is 10.0. The summed E-state index contributed by atoms with van der Waals surface area (Å²) in [6.45, 7) is 3.54. The summed E-state index contributed by atoms with van der Waals surface area (Å²) in [4.78, 5) is 24.6. The highest BCUT2D eigenvalue weighted by atomic mass is 16.4. The van der Waals surface area contributed by atoms with Crippen LogP contribution >= 0.6 is 0 Å². The first-order chi connectivity index (χ1) is 6.97. The molecule has 5 nitrogen and oxygen atoms in total. The molecule has 0 saturated carbocycles. The summed E-state index contributed by atoms with van der Waals surface area (Å²) in [7, 11) is 0. The average molecular weight is 206 g/mol. The molecule has 0 aliphatic rings. The van der Waals surface area contributed by atoms with Gasteiger partial charge in [0.1, 0.15) is 11.6 Å². The number of nitrogens with zero attached hydrogens (tertiary/aromatic N) is 1. The number of aromatic carboxylic acids is 1. The Morgan fingerprint density at radius 1 is 1.60 bits per heavy atom. The molecule has 78 valence electrons. The Morgan fingerprint density at radius 2 is 2.20 bits per heavy atom. The van der Waals surface area contributed by atoms with E-state index in [0.717, 1.165) is 6.07 Å². The van der Waals surface area contributed by atoms with Gasteiger partial charge in [0, 0.05) is 5.69 Å². The van der Waals surface area contributed by atoms with Crippen LogP contribution in [0.5, 0.6) is 0 Å². The van der Waals surface area contributed by atoms with E-state index >= 15 is 0 Å². The number of aromatic nitrogens is 1. The molecule has 0 radical (unpaired) electrons. The number of aromatic amines is 1. The molecule has 1 rings (SSSR count). The lowest BCUT2D eigenvalue weighted by molar-refractivity contribution is 0.0694. The van der Waals surface area contributed by atoms with Crippen molar-refractivity contribution in [3.63, 3.8) is 0 Å². The summed E-state index contributed by atoms with van der Waals surface area (Å²) in [5.74, 6) is -1.26. The molecule has 0 amide bonds. The predicted octanol–water partition coefficient (Wildman–Crippen LogP) is 1.07. The standard InChI is InChI=1S/C10H10N2O3/c1-5(2)8-7(10(14)15)3-6(4-11)9(13)12-8/h3,5H,1-2H3,(H,12,13)(H,14,15). The lowest BCUT2D eigenvalue weighted by Crippen LogP contribution is -2.18. The number of hydrogen-bond donors (Lipinski definition) is 2. The third kappa shape index (κ3) is 2.05. The van der Waals surface area contributed by atoms with Crippen LogP contribution in [-0.4, -0.2) is 16.1 Å². The van der Waals surface area contributed by atoms with Crippen LogP contribution in [0.1, 0.15) is 41.4 Å². The molecular weight excluding hydrogens is 196 g/mol. The minimum Gasteiger partial charge on any atom is -0.478 e. The minimum absolute atomic E-state index is 0.0267. The van der Waals surface area contributed by atoms with Gasteiger partial charge in [0.15, 0.2) is 0 Å². The van der Waals surface area contributed by atoms with Gasteiger partial charge in [0.05, 0.1) is 5.56 Å². The van der Waals surface area contributed by atoms with E-state index in [2.05, 4.69) is 4.98 Å². The number of carbonyl (C=O) groups is 1. The quantitative estimate of drug-likeness (QED) is 0.756. The molecule has 1 heterocycles. The van der Waals surface area contributed by atoms with Crippen LogP contribution in [0.4, 0.5) is 0 Å². The van der Waals surface area contributed by atoms with Crippen molar-refractivity contribution in [1.29, 1.82) is 5.26 Å². The summed E-state index contributed by atoms with van der Waals surface area (Å²) < 4.78 is 0. The first-order valence-electron chi connectivity index (χ1n) is 4.38. The van der Waals surface area contributed by atoms with Crippen molar-refractivity contribution >= 4 is 5.97 Å². The number of pyridine rings is 1. The van der Waals surface area contributed by atoms with Crippen molar-refractivity contribution in [3.8, 4) is 6.07 Å². The Balaban J connectivity index is 3.55. The Hall–Kier alpha value is -2.09. The van der Waals surface area contributed by atoms with E-state index in [1.165, 1.54) is 0 Å². The Morgan fingerprint density at radius 3 is 2.60 bits per heavy atom. The number of H-pyrrole nitrogens is 1. The summed E-state index contributed by atoms with van der Waals surface area (Å²) in [5.41, 5.74) is -0.421. The molecule has 0 atom stereocenters. The van der Waals surface area contributed by atoms with Crippen LogP contribution < -0.4 is 5.56 Å². The fourth-order valence-electron chi connectivity index (χ4n) is 1.26. The van der Waals surface area contributed by atoms with Gasteiger partial charge in [0.25, 0.3) is 5.56 Å². The van der Waals surface area contributed by atoms with E-state index in [0.29, 0.717) is 5.69 Å². The largest absolute Gasteiger partial charge is 0.478 e. The summed E-state index contributed by atoms with van der Waals surface area (Å²) >= 11 is 0. The number of nitrogens with one attached hydrogen (secondary N) is 1. The Kier molecular flexibility index (Phi) is 2.90.